The minimum absolute atomic E-state index is 0.165. The number of nitrogens with one attached hydrogen (secondary N) is 1. The Kier molecular flexibility index (Phi) is 5.13. The zero-order valence-corrected chi connectivity index (χ0v) is 11.0. The lowest BCUT2D eigenvalue weighted by Crippen LogP contribution is -2.41. The third kappa shape index (κ3) is 3.84. The zero-order valence-electron chi connectivity index (χ0n) is 10.2. The number of thiophene rings is 1. The number of hydrogen-bond acceptors (Lipinski definition) is 5. The van der Waals surface area contributed by atoms with Crippen LogP contribution in [0.4, 0.5) is 0 Å². The highest BCUT2D eigenvalue weighted by atomic mass is 32.1. The monoisotopic (exact) mass is 252 g/mol. The lowest BCUT2D eigenvalue weighted by Gasteiger charge is -2.19. The van der Waals surface area contributed by atoms with E-state index in [0.717, 1.165) is 4.88 Å². The standard InChI is InChI=1S/C12H16N2O2S/c1-8(2)11(12(15)16-3)14-6-10-4-9(5-13)7-17-10/h4,7-8,11,14H,6H2,1-3H3/t11-/m0/s1. The van der Waals surface area contributed by atoms with Crippen LogP contribution in [0.15, 0.2) is 11.4 Å². The van der Waals surface area contributed by atoms with Crippen molar-refractivity contribution >= 4 is 17.3 Å². The molecular weight excluding hydrogens is 236 g/mol. The molecule has 0 spiro atoms. The first-order valence-corrected chi connectivity index (χ1v) is 6.25. The Bertz CT molecular complexity index is 420. The third-order valence-corrected chi connectivity index (χ3v) is 3.34. The predicted molar refractivity (Wildman–Crippen MR) is 66.5 cm³/mol. The van der Waals surface area contributed by atoms with Crippen LogP contribution in [-0.4, -0.2) is 19.1 Å². The average Bonchev–Trinajstić information content (AvgIpc) is 2.76. The fraction of sp³-hybridized carbons (Fsp3) is 0.500. The van der Waals surface area contributed by atoms with Crippen molar-refractivity contribution in [1.29, 1.82) is 5.26 Å². The maximum atomic E-state index is 11.5. The first-order chi connectivity index (χ1) is 8.08. The molecule has 0 saturated heterocycles. The largest absolute Gasteiger partial charge is 0.468 e. The summed E-state index contributed by atoms with van der Waals surface area (Å²) in [5, 5.41) is 13.7. The van der Waals surface area contributed by atoms with Gasteiger partial charge in [-0.1, -0.05) is 13.8 Å². The van der Waals surface area contributed by atoms with E-state index >= 15 is 0 Å². The van der Waals surface area contributed by atoms with Crippen LogP contribution in [0.1, 0.15) is 24.3 Å². The highest BCUT2D eigenvalue weighted by molar-refractivity contribution is 7.10. The second-order valence-electron chi connectivity index (χ2n) is 4.04. The van der Waals surface area contributed by atoms with Gasteiger partial charge in [0.15, 0.2) is 0 Å². The highest BCUT2D eigenvalue weighted by Gasteiger charge is 2.22. The minimum atomic E-state index is -0.312. The van der Waals surface area contributed by atoms with Gasteiger partial charge in [0.2, 0.25) is 0 Å². The fourth-order valence-corrected chi connectivity index (χ4v) is 2.22. The summed E-state index contributed by atoms with van der Waals surface area (Å²) in [6, 6.07) is 3.60. The Morgan fingerprint density at radius 3 is 2.82 bits per heavy atom. The molecule has 1 aromatic heterocycles. The van der Waals surface area contributed by atoms with E-state index in [4.69, 9.17) is 10.00 Å². The van der Waals surface area contributed by atoms with Gasteiger partial charge in [-0.2, -0.15) is 5.26 Å². The van der Waals surface area contributed by atoms with Gasteiger partial charge in [-0.15, -0.1) is 11.3 Å². The summed E-state index contributed by atoms with van der Waals surface area (Å²) in [7, 11) is 1.39. The number of methoxy groups -OCH3 is 1. The van der Waals surface area contributed by atoms with Crippen molar-refractivity contribution in [3.63, 3.8) is 0 Å². The van der Waals surface area contributed by atoms with Gasteiger partial charge in [-0.05, 0) is 12.0 Å². The summed E-state index contributed by atoms with van der Waals surface area (Å²) >= 11 is 1.51. The molecular formula is C12H16N2O2S. The molecule has 0 saturated carbocycles. The number of nitriles is 1. The van der Waals surface area contributed by atoms with E-state index in [1.54, 1.807) is 5.38 Å². The van der Waals surface area contributed by atoms with E-state index < -0.39 is 0 Å². The second kappa shape index (κ2) is 6.38. The first kappa shape index (κ1) is 13.7. The van der Waals surface area contributed by atoms with Crippen molar-refractivity contribution in [3.05, 3.63) is 21.9 Å². The maximum absolute atomic E-state index is 11.5. The molecule has 1 aromatic rings. The van der Waals surface area contributed by atoms with Gasteiger partial charge in [0.05, 0.1) is 12.7 Å². The van der Waals surface area contributed by atoms with Crippen LogP contribution < -0.4 is 5.32 Å². The van der Waals surface area contributed by atoms with Gasteiger partial charge < -0.3 is 4.74 Å². The quantitative estimate of drug-likeness (QED) is 0.813. The molecule has 0 aromatic carbocycles. The topological polar surface area (TPSA) is 62.1 Å². The Hall–Kier alpha value is -1.38. The zero-order chi connectivity index (χ0) is 12.8. The van der Waals surface area contributed by atoms with Crippen molar-refractivity contribution < 1.29 is 9.53 Å². The van der Waals surface area contributed by atoms with Crippen LogP contribution >= 0.6 is 11.3 Å². The summed E-state index contributed by atoms with van der Waals surface area (Å²) in [6.45, 7) is 4.50. The molecule has 4 nitrogen and oxygen atoms in total. The molecule has 0 radical (unpaired) electrons. The van der Waals surface area contributed by atoms with Crippen molar-refractivity contribution in [2.45, 2.75) is 26.4 Å². The molecule has 1 heterocycles. The maximum Gasteiger partial charge on any atom is 0.323 e. The lowest BCUT2D eigenvalue weighted by molar-refractivity contribution is -0.144. The molecule has 0 amide bonds. The summed E-state index contributed by atoms with van der Waals surface area (Å²) in [4.78, 5) is 12.5. The second-order valence-corrected chi connectivity index (χ2v) is 5.04. The molecule has 0 aliphatic heterocycles. The Balaban J connectivity index is 2.58. The van der Waals surface area contributed by atoms with Crippen LogP contribution in [-0.2, 0) is 16.1 Å². The van der Waals surface area contributed by atoms with Gasteiger partial charge in [-0.25, -0.2) is 0 Å². The number of carbonyl (C=O) groups excluding carboxylic acids is 1. The molecule has 1 atom stereocenters. The Morgan fingerprint density at radius 1 is 1.65 bits per heavy atom. The smallest absolute Gasteiger partial charge is 0.323 e. The van der Waals surface area contributed by atoms with Crippen molar-refractivity contribution in [2.24, 2.45) is 5.92 Å². The molecule has 0 aliphatic rings. The van der Waals surface area contributed by atoms with E-state index in [-0.39, 0.29) is 17.9 Å². The molecule has 0 unspecified atom stereocenters. The van der Waals surface area contributed by atoms with Crippen LogP contribution in [0, 0.1) is 17.2 Å². The molecule has 5 heteroatoms. The van der Waals surface area contributed by atoms with Crippen molar-refractivity contribution in [3.8, 4) is 6.07 Å². The SMILES string of the molecule is COC(=O)[C@@H](NCc1cc(C#N)cs1)C(C)C. The average molecular weight is 252 g/mol. The number of nitrogens with zero attached hydrogens (tertiary/aromatic N) is 1. The number of esters is 1. The summed E-state index contributed by atoms with van der Waals surface area (Å²) < 4.78 is 4.74. The van der Waals surface area contributed by atoms with Gasteiger partial charge in [0, 0.05) is 16.8 Å². The summed E-state index contributed by atoms with van der Waals surface area (Å²) in [5.41, 5.74) is 0.658. The van der Waals surface area contributed by atoms with E-state index in [9.17, 15) is 4.79 Å². The molecule has 1 rings (SSSR count). The van der Waals surface area contributed by atoms with Gasteiger partial charge >= 0.3 is 5.97 Å². The van der Waals surface area contributed by atoms with Crippen molar-refractivity contribution in [2.75, 3.05) is 7.11 Å². The highest BCUT2D eigenvalue weighted by Crippen LogP contribution is 2.14. The third-order valence-electron chi connectivity index (χ3n) is 2.40. The van der Waals surface area contributed by atoms with Crippen LogP contribution in [0.2, 0.25) is 0 Å². The lowest BCUT2D eigenvalue weighted by atomic mass is 10.0. The van der Waals surface area contributed by atoms with Crippen molar-refractivity contribution in [1.82, 2.24) is 5.32 Å². The molecule has 0 aliphatic carbocycles. The summed E-state index contributed by atoms with van der Waals surface area (Å²) in [5.74, 6) is -0.0880. The predicted octanol–water partition coefficient (Wildman–Crippen LogP) is 1.91. The number of carbonyl (C=O) groups is 1. The normalized spacial score (nSPS) is 12.2. The summed E-state index contributed by atoms with van der Waals surface area (Å²) in [6.07, 6.45) is 0. The number of hydrogen-bond donors (Lipinski definition) is 1. The van der Waals surface area contributed by atoms with E-state index in [1.165, 1.54) is 18.4 Å². The molecule has 1 N–H and O–H groups in total. The molecule has 0 bridgehead atoms. The Labute approximate surface area is 105 Å². The van der Waals surface area contributed by atoms with Gasteiger partial charge in [-0.3, -0.25) is 10.1 Å². The van der Waals surface area contributed by atoms with Crippen LogP contribution in [0.5, 0.6) is 0 Å². The molecule has 0 fully saturated rings. The minimum Gasteiger partial charge on any atom is -0.468 e. The van der Waals surface area contributed by atoms with E-state index in [2.05, 4.69) is 11.4 Å². The number of ether oxygens (including phenoxy) is 1. The fourth-order valence-electron chi connectivity index (χ4n) is 1.46. The van der Waals surface area contributed by atoms with Crippen LogP contribution in [0.25, 0.3) is 0 Å². The molecule has 92 valence electrons. The van der Waals surface area contributed by atoms with E-state index in [1.807, 2.05) is 19.9 Å². The first-order valence-electron chi connectivity index (χ1n) is 5.37. The van der Waals surface area contributed by atoms with Crippen LogP contribution in [0.3, 0.4) is 0 Å². The van der Waals surface area contributed by atoms with Gasteiger partial charge in [0.25, 0.3) is 0 Å². The van der Waals surface area contributed by atoms with E-state index in [0.29, 0.717) is 12.1 Å². The molecule has 17 heavy (non-hydrogen) atoms. The number of rotatable bonds is 5. The van der Waals surface area contributed by atoms with Gasteiger partial charge in [0.1, 0.15) is 12.1 Å². The Morgan fingerprint density at radius 2 is 2.35 bits per heavy atom.